The van der Waals surface area contributed by atoms with Crippen LogP contribution in [0.15, 0.2) is 45.9 Å². The normalized spacial score (nSPS) is 16.1. The van der Waals surface area contributed by atoms with E-state index in [4.69, 9.17) is 4.42 Å². The molecule has 4 rings (SSSR count). The van der Waals surface area contributed by atoms with Gasteiger partial charge in [0.1, 0.15) is 17.5 Å². The summed E-state index contributed by atoms with van der Waals surface area (Å²) >= 11 is 0. The van der Waals surface area contributed by atoms with Crippen LogP contribution in [0.4, 0.5) is 0 Å². The summed E-state index contributed by atoms with van der Waals surface area (Å²) in [5.41, 5.74) is -0.297. The van der Waals surface area contributed by atoms with Crippen LogP contribution >= 0.6 is 0 Å². The number of piperidine rings is 1. The number of nitrogens with zero attached hydrogens (tertiary/aromatic N) is 3. The molecule has 3 aromatic rings. The zero-order valence-electron chi connectivity index (χ0n) is 16.2. The number of hydrogen-bond donors (Lipinski definition) is 1. The quantitative estimate of drug-likeness (QED) is 0.728. The van der Waals surface area contributed by atoms with E-state index in [1.54, 1.807) is 18.9 Å². The van der Waals surface area contributed by atoms with Gasteiger partial charge in [0.15, 0.2) is 0 Å². The summed E-state index contributed by atoms with van der Waals surface area (Å²) in [6.07, 6.45) is 1.94. The van der Waals surface area contributed by atoms with Crippen molar-refractivity contribution in [2.75, 3.05) is 13.1 Å². The standard InChI is InChI=1S/C21H21N3O5/c1-13-15(16-17(29-13)22-12-23(2)18(16)25)19(26)24-10-8-21(9-11-24,20(27)28)14-6-4-3-5-7-14/h3-7,12H,8-11H2,1-2H3,(H,27,28). The highest BCUT2D eigenvalue weighted by Gasteiger charge is 2.44. The average Bonchev–Trinajstić information content (AvgIpc) is 3.07. The van der Waals surface area contributed by atoms with E-state index < -0.39 is 11.4 Å². The maximum absolute atomic E-state index is 13.2. The largest absolute Gasteiger partial charge is 0.481 e. The number of carboxylic acid groups (broad SMARTS) is 1. The first-order chi connectivity index (χ1) is 13.8. The van der Waals surface area contributed by atoms with Crippen molar-refractivity contribution in [2.24, 2.45) is 7.05 Å². The summed E-state index contributed by atoms with van der Waals surface area (Å²) in [6, 6.07) is 9.12. The van der Waals surface area contributed by atoms with Crippen molar-refractivity contribution in [3.05, 3.63) is 63.9 Å². The van der Waals surface area contributed by atoms with Gasteiger partial charge in [-0.05, 0) is 25.3 Å². The highest BCUT2D eigenvalue weighted by Crippen LogP contribution is 2.36. The molecule has 2 aromatic heterocycles. The Labute approximate surface area is 166 Å². The summed E-state index contributed by atoms with van der Waals surface area (Å²) in [6.45, 7) is 2.17. The predicted octanol–water partition coefficient (Wildman–Crippen LogP) is 2.09. The van der Waals surface area contributed by atoms with Crippen molar-refractivity contribution < 1.29 is 19.1 Å². The predicted molar refractivity (Wildman–Crippen MR) is 105 cm³/mol. The molecule has 0 aliphatic carbocycles. The molecule has 1 N–H and O–H groups in total. The first-order valence-corrected chi connectivity index (χ1v) is 9.38. The highest BCUT2D eigenvalue weighted by atomic mass is 16.4. The van der Waals surface area contributed by atoms with Crippen LogP contribution in [0.2, 0.25) is 0 Å². The van der Waals surface area contributed by atoms with E-state index in [9.17, 15) is 19.5 Å². The van der Waals surface area contributed by atoms with Gasteiger partial charge in [-0.15, -0.1) is 0 Å². The van der Waals surface area contributed by atoms with Crippen molar-refractivity contribution in [2.45, 2.75) is 25.2 Å². The Morgan fingerprint density at radius 1 is 1.17 bits per heavy atom. The van der Waals surface area contributed by atoms with Crippen LogP contribution in [-0.2, 0) is 17.3 Å². The maximum Gasteiger partial charge on any atom is 0.314 e. The van der Waals surface area contributed by atoms with Gasteiger partial charge in [0.25, 0.3) is 11.5 Å². The van der Waals surface area contributed by atoms with Crippen LogP contribution in [-0.4, -0.2) is 44.5 Å². The number of aliphatic carboxylic acids is 1. The van der Waals surface area contributed by atoms with Crippen molar-refractivity contribution in [1.29, 1.82) is 0 Å². The fourth-order valence-electron chi connectivity index (χ4n) is 4.08. The molecule has 0 saturated carbocycles. The van der Waals surface area contributed by atoms with Crippen molar-refractivity contribution in [3.8, 4) is 0 Å². The van der Waals surface area contributed by atoms with Gasteiger partial charge in [-0.25, -0.2) is 4.98 Å². The number of hydrogen-bond acceptors (Lipinski definition) is 5. The van der Waals surface area contributed by atoms with E-state index in [-0.39, 0.29) is 41.2 Å². The minimum atomic E-state index is -1.02. The third-order valence-corrected chi connectivity index (χ3v) is 5.80. The molecule has 1 aromatic carbocycles. The third kappa shape index (κ3) is 2.91. The molecule has 1 amide bonds. The lowest BCUT2D eigenvalue weighted by Crippen LogP contribution is -2.49. The molecule has 1 aliphatic heterocycles. The number of carboxylic acids is 1. The Kier molecular flexibility index (Phi) is 4.49. The zero-order chi connectivity index (χ0) is 20.8. The summed E-state index contributed by atoms with van der Waals surface area (Å²) < 4.78 is 6.83. The number of carbonyl (C=O) groups excluding carboxylic acids is 1. The molecule has 1 fully saturated rings. The molecule has 0 atom stereocenters. The second-order valence-corrected chi connectivity index (χ2v) is 7.42. The number of rotatable bonds is 3. The lowest BCUT2D eigenvalue weighted by Gasteiger charge is -2.39. The molecule has 1 aliphatic rings. The number of benzene rings is 1. The van der Waals surface area contributed by atoms with Crippen LogP contribution in [0.25, 0.3) is 11.1 Å². The Balaban J connectivity index is 1.66. The lowest BCUT2D eigenvalue weighted by molar-refractivity contribution is -0.145. The highest BCUT2D eigenvalue weighted by molar-refractivity contribution is 6.06. The van der Waals surface area contributed by atoms with E-state index in [0.717, 1.165) is 5.56 Å². The van der Waals surface area contributed by atoms with Gasteiger partial charge in [0.05, 0.1) is 11.0 Å². The molecule has 150 valence electrons. The molecule has 0 radical (unpaired) electrons. The number of aromatic nitrogens is 2. The van der Waals surface area contributed by atoms with Crippen LogP contribution in [0.5, 0.6) is 0 Å². The first kappa shape index (κ1) is 18.9. The van der Waals surface area contributed by atoms with Crippen LogP contribution in [0, 0.1) is 6.92 Å². The topological polar surface area (TPSA) is 106 Å². The minimum Gasteiger partial charge on any atom is -0.481 e. The molecule has 3 heterocycles. The fourth-order valence-corrected chi connectivity index (χ4v) is 4.08. The lowest BCUT2D eigenvalue weighted by atomic mass is 9.72. The number of amides is 1. The van der Waals surface area contributed by atoms with Crippen LogP contribution in [0.1, 0.15) is 34.5 Å². The van der Waals surface area contributed by atoms with E-state index in [1.807, 2.05) is 30.3 Å². The Morgan fingerprint density at radius 2 is 1.83 bits per heavy atom. The number of fused-ring (bicyclic) bond motifs is 1. The SMILES string of the molecule is Cc1oc2ncn(C)c(=O)c2c1C(=O)N1CCC(C(=O)O)(c2ccccc2)CC1. The molecule has 1 saturated heterocycles. The smallest absolute Gasteiger partial charge is 0.314 e. The second-order valence-electron chi connectivity index (χ2n) is 7.42. The summed E-state index contributed by atoms with van der Waals surface area (Å²) in [5.74, 6) is -0.892. The molecule has 0 bridgehead atoms. The molecule has 8 nitrogen and oxygen atoms in total. The van der Waals surface area contributed by atoms with Crippen molar-refractivity contribution in [3.63, 3.8) is 0 Å². The van der Waals surface area contributed by atoms with E-state index in [2.05, 4.69) is 4.98 Å². The van der Waals surface area contributed by atoms with E-state index in [1.165, 1.54) is 10.9 Å². The molecule has 0 unspecified atom stereocenters. The maximum atomic E-state index is 13.2. The van der Waals surface area contributed by atoms with Crippen molar-refractivity contribution in [1.82, 2.24) is 14.5 Å². The van der Waals surface area contributed by atoms with Gasteiger partial charge >= 0.3 is 5.97 Å². The van der Waals surface area contributed by atoms with Gasteiger partial charge in [-0.3, -0.25) is 14.4 Å². The number of aryl methyl sites for hydroxylation is 2. The van der Waals surface area contributed by atoms with Gasteiger partial charge in [0.2, 0.25) is 5.71 Å². The summed E-state index contributed by atoms with van der Waals surface area (Å²) in [7, 11) is 1.56. The molecule has 0 spiro atoms. The number of furan rings is 1. The van der Waals surface area contributed by atoms with Gasteiger partial charge in [-0.1, -0.05) is 30.3 Å². The molecule has 29 heavy (non-hydrogen) atoms. The van der Waals surface area contributed by atoms with Gasteiger partial charge in [0, 0.05) is 20.1 Å². The Hall–Kier alpha value is -3.42. The molecule has 8 heteroatoms. The summed E-state index contributed by atoms with van der Waals surface area (Å²) in [5, 5.41) is 10.1. The van der Waals surface area contributed by atoms with Crippen molar-refractivity contribution >= 4 is 23.0 Å². The van der Waals surface area contributed by atoms with E-state index in [0.29, 0.717) is 18.6 Å². The number of carbonyl (C=O) groups is 2. The van der Waals surface area contributed by atoms with Gasteiger partial charge < -0.3 is 19.0 Å². The fraction of sp³-hybridized carbons (Fsp3) is 0.333. The second kappa shape index (κ2) is 6.88. The summed E-state index contributed by atoms with van der Waals surface area (Å²) in [4.78, 5) is 43.6. The zero-order valence-corrected chi connectivity index (χ0v) is 16.2. The Morgan fingerprint density at radius 3 is 2.45 bits per heavy atom. The minimum absolute atomic E-state index is 0.134. The van der Waals surface area contributed by atoms with E-state index >= 15 is 0 Å². The average molecular weight is 395 g/mol. The monoisotopic (exact) mass is 395 g/mol. The first-order valence-electron chi connectivity index (χ1n) is 9.38. The third-order valence-electron chi connectivity index (χ3n) is 5.80. The van der Waals surface area contributed by atoms with Crippen LogP contribution < -0.4 is 5.56 Å². The van der Waals surface area contributed by atoms with Gasteiger partial charge in [-0.2, -0.15) is 0 Å². The molecular formula is C21H21N3O5. The number of likely N-dealkylation sites (tertiary alicyclic amines) is 1. The molecular weight excluding hydrogens is 374 g/mol. The van der Waals surface area contributed by atoms with Crippen LogP contribution in [0.3, 0.4) is 0 Å². The Bertz CT molecular complexity index is 1150.